The first-order chi connectivity index (χ1) is 8.75. The van der Waals surface area contributed by atoms with Crippen molar-refractivity contribution in [2.75, 3.05) is 6.61 Å². The van der Waals surface area contributed by atoms with Crippen molar-refractivity contribution in [2.45, 2.75) is 12.8 Å². The molecule has 2 rings (SSSR count). The molecule has 0 atom stereocenters. The largest absolute Gasteiger partial charge is 0.494 e. The van der Waals surface area contributed by atoms with Crippen LogP contribution in [0.5, 0.6) is 5.75 Å². The number of benzene rings is 1. The van der Waals surface area contributed by atoms with Crippen LogP contribution in [0.15, 0.2) is 47.1 Å². The van der Waals surface area contributed by atoms with E-state index >= 15 is 0 Å². The molecule has 4 nitrogen and oxygen atoms in total. The first-order valence-corrected chi connectivity index (χ1v) is 5.74. The normalized spacial score (nSPS) is 10.2. The molecule has 0 aliphatic heterocycles. The molecule has 18 heavy (non-hydrogen) atoms. The molecule has 0 saturated heterocycles. The van der Waals surface area contributed by atoms with Gasteiger partial charge < -0.3 is 14.3 Å². The number of carboxylic acids is 1. The lowest BCUT2D eigenvalue weighted by atomic mass is 10.2. The van der Waals surface area contributed by atoms with E-state index in [2.05, 4.69) is 0 Å². The Labute approximate surface area is 105 Å². The molecule has 4 heteroatoms. The molecule has 1 N–H and O–H groups in total. The van der Waals surface area contributed by atoms with E-state index in [4.69, 9.17) is 14.3 Å². The second-order valence-electron chi connectivity index (χ2n) is 3.86. The molecule has 0 radical (unpaired) electrons. The molecule has 0 amide bonds. The monoisotopic (exact) mass is 246 g/mol. The quantitative estimate of drug-likeness (QED) is 0.796. The van der Waals surface area contributed by atoms with E-state index < -0.39 is 5.97 Å². The van der Waals surface area contributed by atoms with Gasteiger partial charge in [0.05, 0.1) is 18.4 Å². The zero-order valence-electron chi connectivity index (χ0n) is 9.83. The third-order valence-corrected chi connectivity index (χ3v) is 2.52. The van der Waals surface area contributed by atoms with Gasteiger partial charge in [0, 0.05) is 6.42 Å². The smallest absolute Gasteiger partial charge is 0.335 e. The number of hydrogen-bond donors (Lipinski definition) is 1. The van der Waals surface area contributed by atoms with E-state index in [0.717, 1.165) is 18.6 Å². The van der Waals surface area contributed by atoms with Crippen molar-refractivity contribution < 1.29 is 19.1 Å². The molecule has 0 aliphatic carbocycles. The zero-order valence-corrected chi connectivity index (χ0v) is 9.83. The van der Waals surface area contributed by atoms with E-state index in [1.165, 1.54) is 12.1 Å². The van der Waals surface area contributed by atoms with Crippen molar-refractivity contribution in [1.29, 1.82) is 0 Å². The average Bonchev–Trinajstić information content (AvgIpc) is 2.88. The molecular weight excluding hydrogens is 232 g/mol. The number of hydrogen-bond acceptors (Lipinski definition) is 3. The summed E-state index contributed by atoms with van der Waals surface area (Å²) in [5, 5.41) is 8.74. The SMILES string of the molecule is O=C(O)c1ccc(OCCCc2ccco2)cc1. The van der Waals surface area contributed by atoms with Gasteiger partial charge in [-0.15, -0.1) is 0 Å². The van der Waals surface area contributed by atoms with Crippen molar-refractivity contribution in [3.8, 4) is 5.75 Å². The van der Waals surface area contributed by atoms with Gasteiger partial charge in [-0.05, 0) is 42.8 Å². The highest BCUT2D eigenvalue weighted by molar-refractivity contribution is 5.87. The van der Waals surface area contributed by atoms with Crippen LogP contribution in [0.25, 0.3) is 0 Å². The first kappa shape index (κ1) is 12.2. The van der Waals surface area contributed by atoms with Crippen molar-refractivity contribution >= 4 is 5.97 Å². The van der Waals surface area contributed by atoms with Gasteiger partial charge in [0.15, 0.2) is 0 Å². The molecule has 0 spiro atoms. The number of furan rings is 1. The average molecular weight is 246 g/mol. The summed E-state index contributed by atoms with van der Waals surface area (Å²) in [6, 6.07) is 10.2. The van der Waals surface area contributed by atoms with E-state index in [-0.39, 0.29) is 5.56 Å². The fourth-order valence-electron chi connectivity index (χ4n) is 1.58. The van der Waals surface area contributed by atoms with Gasteiger partial charge in [0.25, 0.3) is 0 Å². The van der Waals surface area contributed by atoms with E-state index in [1.54, 1.807) is 18.4 Å². The van der Waals surface area contributed by atoms with E-state index in [0.29, 0.717) is 12.4 Å². The van der Waals surface area contributed by atoms with Crippen LogP contribution >= 0.6 is 0 Å². The lowest BCUT2D eigenvalue weighted by Crippen LogP contribution is -2.00. The van der Waals surface area contributed by atoms with Crippen molar-refractivity contribution in [3.63, 3.8) is 0 Å². The van der Waals surface area contributed by atoms with Gasteiger partial charge in [-0.2, -0.15) is 0 Å². The number of aryl methyl sites for hydroxylation is 1. The predicted octanol–water partition coefficient (Wildman–Crippen LogP) is 2.99. The summed E-state index contributed by atoms with van der Waals surface area (Å²) in [5.74, 6) is 0.693. The molecule has 1 heterocycles. The van der Waals surface area contributed by atoms with Gasteiger partial charge in [0.1, 0.15) is 11.5 Å². The summed E-state index contributed by atoms with van der Waals surface area (Å²) in [5.41, 5.74) is 0.262. The Morgan fingerprint density at radius 2 is 2.00 bits per heavy atom. The molecule has 1 aromatic carbocycles. The second-order valence-corrected chi connectivity index (χ2v) is 3.86. The van der Waals surface area contributed by atoms with Crippen LogP contribution in [0, 0.1) is 0 Å². The highest BCUT2D eigenvalue weighted by Gasteiger charge is 2.02. The van der Waals surface area contributed by atoms with Crippen LogP contribution in [0.3, 0.4) is 0 Å². The number of carbonyl (C=O) groups is 1. The Bertz CT molecular complexity index is 485. The molecule has 0 fully saturated rings. The van der Waals surface area contributed by atoms with Crippen molar-refractivity contribution in [2.24, 2.45) is 0 Å². The number of ether oxygens (including phenoxy) is 1. The Kier molecular flexibility index (Phi) is 4.02. The van der Waals surface area contributed by atoms with Gasteiger partial charge >= 0.3 is 5.97 Å². The fourth-order valence-corrected chi connectivity index (χ4v) is 1.58. The third kappa shape index (κ3) is 3.38. The minimum absolute atomic E-state index is 0.262. The van der Waals surface area contributed by atoms with Crippen LogP contribution in [0.4, 0.5) is 0 Å². The summed E-state index contributed by atoms with van der Waals surface area (Å²) < 4.78 is 10.7. The Hall–Kier alpha value is -2.23. The minimum atomic E-state index is -0.931. The molecule has 94 valence electrons. The topological polar surface area (TPSA) is 59.7 Å². The maximum atomic E-state index is 10.7. The van der Waals surface area contributed by atoms with Gasteiger partial charge in [-0.1, -0.05) is 0 Å². The minimum Gasteiger partial charge on any atom is -0.494 e. The Morgan fingerprint density at radius 3 is 2.61 bits per heavy atom. The summed E-state index contributed by atoms with van der Waals surface area (Å²) in [4.78, 5) is 10.7. The first-order valence-electron chi connectivity index (χ1n) is 5.74. The van der Waals surface area contributed by atoms with Gasteiger partial charge in [-0.25, -0.2) is 4.79 Å². The molecular formula is C14H14O4. The van der Waals surface area contributed by atoms with Gasteiger partial charge in [0.2, 0.25) is 0 Å². The summed E-state index contributed by atoms with van der Waals surface area (Å²) in [7, 11) is 0. The van der Waals surface area contributed by atoms with Gasteiger partial charge in [-0.3, -0.25) is 0 Å². The van der Waals surface area contributed by atoms with Crippen LogP contribution in [0.2, 0.25) is 0 Å². The number of rotatable bonds is 6. The van der Waals surface area contributed by atoms with E-state index in [1.807, 2.05) is 12.1 Å². The van der Waals surface area contributed by atoms with Crippen molar-refractivity contribution in [1.82, 2.24) is 0 Å². The summed E-state index contributed by atoms with van der Waals surface area (Å²) >= 11 is 0. The molecule has 2 aromatic rings. The molecule has 0 aliphatic rings. The van der Waals surface area contributed by atoms with Crippen LogP contribution in [-0.2, 0) is 6.42 Å². The number of aromatic carboxylic acids is 1. The Morgan fingerprint density at radius 1 is 1.22 bits per heavy atom. The maximum Gasteiger partial charge on any atom is 0.335 e. The standard InChI is InChI=1S/C14H14O4/c15-14(16)11-5-7-13(8-6-11)18-10-2-4-12-3-1-9-17-12/h1,3,5-9H,2,4,10H2,(H,15,16). The summed E-state index contributed by atoms with van der Waals surface area (Å²) in [6.45, 7) is 0.577. The van der Waals surface area contributed by atoms with Crippen LogP contribution < -0.4 is 4.74 Å². The Balaban J connectivity index is 1.75. The second kappa shape index (κ2) is 5.91. The predicted molar refractivity (Wildman–Crippen MR) is 65.9 cm³/mol. The zero-order chi connectivity index (χ0) is 12.8. The summed E-state index contributed by atoms with van der Waals surface area (Å²) in [6.07, 6.45) is 3.34. The lowest BCUT2D eigenvalue weighted by molar-refractivity contribution is 0.0697. The van der Waals surface area contributed by atoms with E-state index in [9.17, 15) is 4.79 Å². The molecule has 0 unspecified atom stereocenters. The third-order valence-electron chi connectivity index (χ3n) is 2.52. The fraction of sp³-hybridized carbons (Fsp3) is 0.214. The van der Waals surface area contributed by atoms with Crippen LogP contribution in [0.1, 0.15) is 22.5 Å². The van der Waals surface area contributed by atoms with Crippen LogP contribution in [-0.4, -0.2) is 17.7 Å². The lowest BCUT2D eigenvalue weighted by Gasteiger charge is -2.05. The van der Waals surface area contributed by atoms with Crippen molar-refractivity contribution in [3.05, 3.63) is 54.0 Å². The molecule has 0 bridgehead atoms. The maximum absolute atomic E-state index is 10.7. The molecule has 1 aromatic heterocycles. The highest BCUT2D eigenvalue weighted by Crippen LogP contribution is 2.13. The number of carboxylic acid groups (broad SMARTS) is 1. The molecule has 0 saturated carbocycles. The highest BCUT2D eigenvalue weighted by atomic mass is 16.5.